The minimum Gasteiger partial charge on any atom is -0.369 e. The fraction of sp³-hybridized carbons (Fsp3) is 0.714. The summed E-state index contributed by atoms with van der Waals surface area (Å²) in [6, 6.07) is 1.97. The fourth-order valence-corrected chi connectivity index (χ4v) is 3.82. The number of halogens is 1. The Hall–Kier alpha value is -0.290. The lowest BCUT2D eigenvalue weighted by Crippen LogP contribution is -2.30. The number of anilines is 1. The summed E-state index contributed by atoms with van der Waals surface area (Å²) in [5, 5.41) is 3.51. The van der Waals surface area contributed by atoms with Crippen LogP contribution in [0, 0.1) is 0 Å². The van der Waals surface area contributed by atoms with Crippen molar-refractivity contribution in [1.29, 1.82) is 0 Å². The summed E-state index contributed by atoms with van der Waals surface area (Å²) in [5.41, 5.74) is 0. The highest BCUT2D eigenvalue weighted by Crippen LogP contribution is 2.40. The van der Waals surface area contributed by atoms with Gasteiger partial charge in [-0.3, -0.25) is 0 Å². The monoisotopic (exact) mass is 343 g/mol. The van der Waals surface area contributed by atoms with E-state index in [2.05, 4.69) is 51.3 Å². The third-order valence-electron chi connectivity index (χ3n) is 3.77. The largest absolute Gasteiger partial charge is 0.369 e. The molecular weight excluding hydrogens is 322 g/mol. The van der Waals surface area contributed by atoms with Crippen molar-refractivity contribution in [2.75, 3.05) is 18.1 Å². The normalized spacial score (nSPS) is 17.9. The maximum Gasteiger partial charge on any atom is 0.134 e. The molecule has 3 nitrogen and oxygen atoms in total. The van der Waals surface area contributed by atoms with Gasteiger partial charge >= 0.3 is 0 Å². The van der Waals surface area contributed by atoms with Gasteiger partial charge in [0.05, 0.1) is 0 Å². The molecule has 1 aliphatic carbocycles. The lowest BCUT2D eigenvalue weighted by molar-refractivity contribution is 0.637. The van der Waals surface area contributed by atoms with E-state index >= 15 is 0 Å². The number of nitrogens with one attached hydrogen (secondary N) is 1. The van der Waals surface area contributed by atoms with Gasteiger partial charge in [0, 0.05) is 23.3 Å². The molecule has 106 valence electrons. The molecule has 0 atom stereocenters. The number of hydrogen-bond donors (Lipinski definition) is 1. The van der Waals surface area contributed by atoms with E-state index in [-0.39, 0.29) is 0 Å². The quantitative estimate of drug-likeness (QED) is 0.801. The zero-order valence-corrected chi connectivity index (χ0v) is 14.3. The Morgan fingerprint density at radius 3 is 2.63 bits per heavy atom. The average molecular weight is 344 g/mol. The van der Waals surface area contributed by atoms with E-state index in [1.54, 1.807) is 0 Å². The Balaban J connectivity index is 2.06. The van der Waals surface area contributed by atoms with E-state index in [4.69, 9.17) is 0 Å². The molecule has 0 aliphatic heterocycles. The topological polar surface area (TPSA) is 37.8 Å². The van der Waals surface area contributed by atoms with Crippen LogP contribution in [0.2, 0.25) is 0 Å². The molecule has 2 rings (SSSR count). The zero-order chi connectivity index (χ0) is 13.9. The summed E-state index contributed by atoms with van der Waals surface area (Å²) in [7, 11) is 0. The Kier molecular flexibility index (Phi) is 5.12. The molecule has 1 heterocycles. The highest BCUT2D eigenvalue weighted by molar-refractivity contribution is 9.10. The minimum atomic E-state index is 0.346. The summed E-state index contributed by atoms with van der Waals surface area (Å²) in [6.45, 7) is 5.23. The van der Waals surface area contributed by atoms with Crippen molar-refractivity contribution in [3.05, 3.63) is 16.5 Å². The van der Waals surface area contributed by atoms with Gasteiger partial charge in [-0.15, -0.1) is 0 Å². The highest BCUT2D eigenvalue weighted by Gasteiger charge is 2.32. The van der Waals surface area contributed by atoms with Crippen LogP contribution in [0.4, 0.5) is 5.82 Å². The van der Waals surface area contributed by atoms with E-state index in [9.17, 15) is 0 Å². The maximum absolute atomic E-state index is 4.60. The fourth-order valence-electron chi connectivity index (χ4n) is 2.51. The summed E-state index contributed by atoms with van der Waals surface area (Å²) >= 11 is 5.47. The summed E-state index contributed by atoms with van der Waals surface area (Å²) in [5.74, 6) is 2.17. The zero-order valence-electron chi connectivity index (χ0n) is 11.9. The molecule has 1 N–H and O–H groups in total. The molecule has 0 bridgehead atoms. The molecule has 1 aliphatic rings. The standard InChI is InChI=1S/C14H22BrN3S/c1-10(2)13-17-11(15)8-12(18-13)16-9-14(19-3)6-4-5-7-14/h8,10H,4-7,9H2,1-3H3,(H,16,17,18). The van der Waals surface area contributed by atoms with Crippen LogP contribution in [0.5, 0.6) is 0 Å². The Morgan fingerprint density at radius 2 is 2.05 bits per heavy atom. The second kappa shape index (κ2) is 6.44. The highest BCUT2D eigenvalue weighted by atomic mass is 79.9. The van der Waals surface area contributed by atoms with Crippen molar-refractivity contribution in [1.82, 2.24) is 9.97 Å². The van der Waals surface area contributed by atoms with Gasteiger partial charge < -0.3 is 5.32 Å². The smallest absolute Gasteiger partial charge is 0.134 e. The average Bonchev–Trinajstić information content (AvgIpc) is 2.85. The second-order valence-corrected chi connectivity index (χ2v) is 7.62. The van der Waals surface area contributed by atoms with E-state index in [1.165, 1.54) is 25.7 Å². The Bertz CT molecular complexity index is 431. The summed E-state index contributed by atoms with van der Waals surface area (Å²) in [6.07, 6.45) is 7.55. The number of thioether (sulfide) groups is 1. The van der Waals surface area contributed by atoms with Crippen LogP contribution in [-0.2, 0) is 0 Å². The van der Waals surface area contributed by atoms with Gasteiger partial charge in [-0.2, -0.15) is 11.8 Å². The van der Waals surface area contributed by atoms with Crippen molar-refractivity contribution < 1.29 is 0 Å². The van der Waals surface area contributed by atoms with Crippen LogP contribution < -0.4 is 5.32 Å². The molecule has 1 saturated carbocycles. The first-order chi connectivity index (χ1) is 9.04. The Labute approximate surface area is 128 Å². The van der Waals surface area contributed by atoms with Crippen molar-refractivity contribution >= 4 is 33.5 Å². The number of rotatable bonds is 5. The predicted octanol–water partition coefficient (Wildman–Crippen LogP) is 4.45. The van der Waals surface area contributed by atoms with Crippen molar-refractivity contribution in [2.24, 2.45) is 0 Å². The predicted molar refractivity (Wildman–Crippen MR) is 87.0 cm³/mol. The molecule has 5 heteroatoms. The summed E-state index contributed by atoms with van der Waals surface area (Å²) < 4.78 is 1.26. The first-order valence-electron chi connectivity index (χ1n) is 6.88. The number of nitrogens with zero attached hydrogens (tertiary/aromatic N) is 2. The molecule has 0 aromatic carbocycles. The molecule has 0 amide bonds. The van der Waals surface area contributed by atoms with Crippen LogP contribution in [0.15, 0.2) is 10.7 Å². The van der Waals surface area contributed by atoms with Gasteiger partial charge in [0.2, 0.25) is 0 Å². The number of hydrogen-bond acceptors (Lipinski definition) is 4. The molecule has 0 spiro atoms. The van der Waals surface area contributed by atoms with Gasteiger partial charge in [0.15, 0.2) is 0 Å². The molecule has 0 saturated heterocycles. The van der Waals surface area contributed by atoms with Crippen LogP contribution >= 0.6 is 27.7 Å². The summed E-state index contributed by atoms with van der Waals surface area (Å²) in [4.78, 5) is 9.01. The molecule has 19 heavy (non-hydrogen) atoms. The van der Waals surface area contributed by atoms with Crippen molar-refractivity contribution in [3.8, 4) is 0 Å². The van der Waals surface area contributed by atoms with E-state index in [0.29, 0.717) is 10.7 Å². The van der Waals surface area contributed by atoms with Crippen molar-refractivity contribution in [2.45, 2.75) is 50.2 Å². The Morgan fingerprint density at radius 1 is 1.37 bits per heavy atom. The number of aromatic nitrogens is 2. The van der Waals surface area contributed by atoms with E-state index < -0.39 is 0 Å². The molecule has 1 aromatic rings. The van der Waals surface area contributed by atoms with Gasteiger partial charge in [0.25, 0.3) is 0 Å². The van der Waals surface area contributed by atoms with Crippen LogP contribution in [0.3, 0.4) is 0 Å². The third-order valence-corrected chi connectivity index (χ3v) is 5.59. The van der Waals surface area contributed by atoms with Crippen LogP contribution in [0.1, 0.15) is 51.3 Å². The molecule has 1 aromatic heterocycles. The first-order valence-corrected chi connectivity index (χ1v) is 8.90. The first kappa shape index (κ1) is 15.1. The van der Waals surface area contributed by atoms with Crippen LogP contribution in [0.25, 0.3) is 0 Å². The lowest BCUT2D eigenvalue weighted by Gasteiger charge is -2.27. The molecular formula is C14H22BrN3S. The van der Waals surface area contributed by atoms with Crippen LogP contribution in [-0.4, -0.2) is 27.5 Å². The lowest BCUT2D eigenvalue weighted by atomic mass is 10.1. The third kappa shape index (κ3) is 3.85. The van der Waals surface area contributed by atoms with Gasteiger partial charge in [-0.1, -0.05) is 26.7 Å². The molecule has 1 fully saturated rings. The van der Waals surface area contributed by atoms with Gasteiger partial charge in [-0.05, 0) is 35.0 Å². The minimum absolute atomic E-state index is 0.346. The van der Waals surface area contributed by atoms with Gasteiger partial charge in [0.1, 0.15) is 16.2 Å². The SMILES string of the molecule is CSC1(CNc2cc(Br)nc(C(C)C)n2)CCCC1. The molecule has 0 unspecified atom stereocenters. The van der Waals surface area contributed by atoms with Crippen molar-refractivity contribution in [3.63, 3.8) is 0 Å². The maximum atomic E-state index is 4.60. The van der Waals surface area contributed by atoms with Gasteiger partial charge in [-0.25, -0.2) is 9.97 Å². The van der Waals surface area contributed by atoms with E-state index in [0.717, 1.165) is 22.8 Å². The van der Waals surface area contributed by atoms with E-state index in [1.807, 2.05) is 17.8 Å². The second-order valence-electron chi connectivity index (χ2n) is 5.54. The molecule has 0 radical (unpaired) electrons.